The number of halogens is 12. The summed E-state index contributed by atoms with van der Waals surface area (Å²) in [4.78, 5) is 10.0. The fraction of sp³-hybridized carbons (Fsp3) is 0.875. The van der Waals surface area contributed by atoms with E-state index in [0.717, 1.165) is 0 Å². The lowest BCUT2D eigenvalue weighted by Crippen LogP contribution is -2.52. The van der Waals surface area contributed by atoms with Crippen molar-refractivity contribution >= 4 is 6.29 Å². The summed E-state index contributed by atoms with van der Waals surface area (Å²) in [5.74, 6) is -14.8. The predicted octanol–water partition coefficient (Wildman–Crippen LogP) is 4.19. The molecule has 0 saturated carbocycles. The summed E-state index contributed by atoms with van der Waals surface area (Å²) in [5.41, 5.74) is 0. The van der Waals surface area contributed by atoms with Crippen LogP contribution in [0.4, 0.5) is 52.7 Å². The molecule has 0 saturated heterocycles. The van der Waals surface area contributed by atoms with Crippen LogP contribution in [0.15, 0.2) is 0 Å². The monoisotopic (exact) mass is 343 g/mol. The number of carbonyl (C=O) groups excluding carboxylic acids is 1. The lowest BCUT2D eigenvalue weighted by atomic mass is 9.80. The number of hydrogen-bond donors (Lipinski definition) is 0. The molecule has 0 unspecified atom stereocenters. The third-order valence-electron chi connectivity index (χ3n) is 2.26. The highest BCUT2D eigenvalue weighted by Crippen LogP contribution is 2.52. The Labute approximate surface area is 107 Å². The molecule has 0 aromatic carbocycles. The van der Waals surface area contributed by atoms with Gasteiger partial charge in [-0.3, -0.25) is 4.79 Å². The minimum Gasteiger partial charge on any atom is -0.291 e. The largest absolute Gasteiger partial charge is 0.401 e. The van der Waals surface area contributed by atoms with Gasteiger partial charge in [-0.2, -0.15) is 52.7 Å². The summed E-state index contributed by atoms with van der Waals surface area (Å²) in [5, 5.41) is 0. The van der Waals surface area contributed by atoms with Crippen LogP contribution < -0.4 is 0 Å². The van der Waals surface area contributed by atoms with Crippen molar-refractivity contribution in [1.29, 1.82) is 0 Å². The van der Waals surface area contributed by atoms with Gasteiger partial charge in [-0.1, -0.05) is 0 Å². The van der Waals surface area contributed by atoms with Gasteiger partial charge in [-0.05, 0) is 0 Å². The molecule has 13 heteroatoms. The molecule has 0 fully saturated rings. The quantitative estimate of drug-likeness (QED) is 0.703. The van der Waals surface area contributed by atoms with Gasteiger partial charge < -0.3 is 0 Å². The summed E-state index contributed by atoms with van der Waals surface area (Å²) in [6.45, 7) is 0. The SMILES string of the molecule is O=[C]C(C(C(F)(F)F)C(F)(F)F)C(C(F)(F)F)C(F)(F)F. The standard InChI is InChI=1S/C8H3F12O/c9-5(10,11)3(6(12,13)14)2(1-21)4(7(15,16)17)8(18,19)20/h2-4H. The lowest BCUT2D eigenvalue weighted by Gasteiger charge is -2.33. The predicted molar refractivity (Wildman–Crippen MR) is 40.4 cm³/mol. The van der Waals surface area contributed by atoms with E-state index in [1.807, 2.05) is 0 Å². The van der Waals surface area contributed by atoms with Gasteiger partial charge >= 0.3 is 24.7 Å². The molecule has 1 nitrogen and oxygen atoms in total. The molecule has 0 aliphatic carbocycles. The molecule has 0 heterocycles. The lowest BCUT2D eigenvalue weighted by molar-refractivity contribution is -0.338. The first-order valence-corrected chi connectivity index (χ1v) is 4.58. The first kappa shape index (κ1) is 19.8. The molecule has 0 amide bonds. The minimum absolute atomic E-state index is 0.402. The van der Waals surface area contributed by atoms with Crippen molar-refractivity contribution in [2.24, 2.45) is 17.8 Å². The van der Waals surface area contributed by atoms with Crippen LogP contribution in [0.3, 0.4) is 0 Å². The third kappa shape index (κ3) is 4.95. The van der Waals surface area contributed by atoms with Crippen LogP contribution in [0.25, 0.3) is 0 Å². The molecule has 125 valence electrons. The summed E-state index contributed by atoms with van der Waals surface area (Å²) in [6, 6.07) is 0. The van der Waals surface area contributed by atoms with Crippen LogP contribution in [0.1, 0.15) is 0 Å². The van der Waals surface area contributed by atoms with Gasteiger partial charge in [0, 0.05) is 0 Å². The molecule has 0 bridgehead atoms. The van der Waals surface area contributed by atoms with Gasteiger partial charge in [0.05, 0.1) is 5.92 Å². The summed E-state index contributed by atoms with van der Waals surface area (Å²) >= 11 is 0. The van der Waals surface area contributed by atoms with Crippen LogP contribution in [0.2, 0.25) is 0 Å². The average molecular weight is 343 g/mol. The Morgan fingerprint density at radius 2 is 0.714 bits per heavy atom. The average Bonchev–Trinajstić information content (AvgIpc) is 2.06. The van der Waals surface area contributed by atoms with E-state index < -0.39 is 48.7 Å². The van der Waals surface area contributed by atoms with Gasteiger partial charge in [0.2, 0.25) is 6.29 Å². The Morgan fingerprint density at radius 1 is 0.524 bits per heavy atom. The van der Waals surface area contributed by atoms with E-state index in [1.54, 1.807) is 0 Å². The van der Waals surface area contributed by atoms with E-state index in [1.165, 1.54) is 0 Å². The molecular formula is C8H3F12O. The molecule has 0 aliphatic heterocycles. The second kappa shape index (κ2) is 5.55. The van der Waals surface area contributed by atoms with Crippen molar-refractivity contribution in [3.8, 4) is 0 Å². The minimum atomic E-state index is -6.55. The van der Waals surface area contributed by atoms with Gasteiger partial charge in [-0.15, -0.1) is 0 Å². The fourth-order valence-corrected chi connectivity index (χ4v) is 1.51. The second-order valence-electron chi connectivity index (χ2n) is 3.77. The van der Waals surface area contributed by atoms with E-state index in [-0.39, 0.29) is 0 Å². The molecule has 0 N–H and O–H groups in total. The second-order valence-corrected chi connectivity index (χ2v) is 3.77. The highest BCUT2D eigenvalue weighted by Gasteiger charge is 2.70. The molecule has 0 aromatic heterocycles. The van der Waals surface area contributed by atoms with Crippen molar-refractivity contribution in [2.75, 3.05) is 0 Å². The highest BCUT2D eigenvalue weighted by molar-refractivity contribution is 5.56. The molecule has 0 atom stereocenters. The van der Waals surface area contributed by atoms with Gasteiger partial charge in [0.25, 0.3) is 0 Å². The van der Waals surface area contributed by atoms with E-state index >= 15 is 0 Å². The molecule has 0 aromatic rings. The first-order chi connectivity index (χ1) is 8.94. The fourth-order valence-electron chi connectivity index (χ4n) is 1.51. The Kier molecular flexibility index (Phi) is 5.24. The van der Waals surface area contributed by atoms with E-state index in [2.05, 4.69) is 0 Å². The summed E-state index contributed by atoms with van der Waals surface area (Å²) in [7, 11) is 0. The smallest absolute Gasteiger partial charge is 0.291 e. The third-order valence-corrected chi connectivity index (χ3v) is 2.26. The Hall–Kier alpha value is -1.17. The number of alkyl halides is 12. The zero-order valence-electron chi connectivity index (χ0n) is 9.18. The molecular weight excluding hydrogens is 340 g/mol. The van der Waals surface area contributed by atoms with Crippen molar-refractivity contribution in [2.45, 2.75) is 24.7 Å². The van der Waals surface area contributed by atoms with Gasteiger partial charge in [0.1, 0.15) is 0 Å². The molecule has 0 rings (SSSR count). The van der Waals surface area contributed by atoms with Crippen molar-refractivity contribution in [1.82, 2.24) is 0 Å². The van der Waals surface area contributed by atoms with Crippen molar-refractivity contribution in [3.63, 3.8) is 0 Å². The van der Waals surface area contributed by atoms with Crippen LogP contribution in [0, 0.1) is 17.8 Å². The van der Waals surface area contributed by atoms with Gasteiger partial charge in [-0.25, -0.2) is 0 Å². The first-order valence-electron chi connectivity index (χ1n) is 4.58. The number of hydrogen-bond acceptors (Lipinski definition) is 1. The summed E-state index contributed by atoms with van der Waals surface area (Å²) in [6.07, 6.45) is -26.6. The Bertz CT molecular complexity index is 297. The molecule has 0 spiro atoms. The zero-order valence-corrected chi connectivity index (χ0v) is 9.18. The highest BCUT2D eigenvalue weighted by atomic mass is 19.4. The normalized spacial score (nSPS) is 15.2. The maximum Gasteiger partial charge on any atom is 0.401 e. The van der Waals surface area contributed by atoms with E-state index in [0.29, 0.717) is 0 Å². The van der Waals surface area contributed by atoms with Gasteiger partial charge in [0.15, 0.2) is 11.8 Å². The van der Waals surface area contributed by atoms with E-state index in [9.17, 15) is 57.5 Å². The molecule has 0 aliphatic rings. The zero-order chi connectivity index (χ0) is 17.4. The van der Waals surface area contributed by atoms with Crippen molar-refractivity contribution < 1.29 is 57.5 Å². The van der Waals surface area contributed by atoms with Crippen LogP contribution in [-0.4, -0.2) is 31.0 Å². The maximum absolute atomic E-state index is 12.2. The number of rotatable bonds is 3. The van der Waals surface area contributed by atoms with Crippen LogP contribution in [-0.2, 0) is 4.79 Å². The summed E-state index contributed by atoms with van der Waals surface area (Å²) < 4.78 is 146. The Morgan fingerprint density at radius 3 is 0.810 bits per heavy atom. The Balaban J connectivity index is 6.10. The topological polar surface area (TPSA) is 17.1 Å². The van der Waals surface area contributed by atoms with E-state index in [4.69, 9.17) is 0 Å². The van der Waals surface area contributed by atoms with Crippen LogP contribution >= 0.6 is 0 Å². The van der Waals surface area contributed by atoms with Crippen molar-refractivity contribution in [3.05, 3.63) is 0 Å². The molecule has 1 radical (unpaired) electrons. The van der Waals surface area contributed by atoms with Crippen LogP contribution in [0.5, 0.6) is 0 Å². The maximum atomic E-state index is 12.2. The molecule has 21 heavy (non-hydrogen) atoms.